The van der Waals surface area contributed by atoms with E-state index in [1.54, 1.807) is 30.3 Å². The zero-order valence-electron chi connectivity index (χ0n) is 8.58. The smallest absolute Gasteiger partial charge is 0.139 e. The van der Waals surface area contributed by atoms with Crippen LogP contribution in [-0.2, 0) is 0 Å². The van der Waals surface area contributed by atoms with Crippen LogP contribution in [0.5, 0.6) is 0 Å². The summed E-state index contributed by atoms with van der Waals surface area (Å²) in [4.78, 5) is 1.23. The third-order valence-corrected chi connectivity index (χ3v) is 3.86. The van der Waals surface area contributed by atoms with E-state index >= 15 is 0 Å². The third-order valence-electron chi connectivity index (χ3n) is 2.07. The lowest BCUT2D eigenvalue weighted by Gasteiger charge is -2.06. The van der Waals surface area contributed by atoms with Crippen molar-refractivity contribution >= 4 is 40.7 Å². The van der Waals surface area contributed by atoms with Crippen molar-refractivity contribution in [3.05, 3.63) is 52.3 Å². The SMILES string of the molecule is Nc1ccc(Sc2ccc(Cl)cc2Cl)c(F)c1. The molecule has 2 rings (SSSR count). The fraction of sp³-hybridized carbons (Fsp3) is 0. The molecule has 0 saturated carbocycles. The largest absolute Gasteiger partial charge is 0.399 e. The van der Waals surface area contributed by atoms with Gasteiger partial charge in [-0.2, -0.15) is 0 Å². The second-order valence-electron chi connectivity index (χ2n) is 3.37. The molecule has 0 aliphatic carbocycles. The van der Waals surface area contributed by atoms with Gasteiger partial charge in [-0.15, -0.1) is 0 Å². The van der Waals surface area contributed by atoms with Gasteiger partial charge >= 0.3 is 0 Å². The lowest BCUT2D eigenvalue weighted by Crippen LogP contribution is -1.88. The molecule has 0 unspecified atom stereocenters. The predicted molar refractivity (Wildman–Crippen MR) is 71.4 cm³/mol. The maximum absolute atomic E-state index is 13.6. The van der Waals surface area contributed by atoms with Crippen LogP contribution in [0.2, 0.25) is 10.0 Å². The molecule has 0 heterocycles. The molecule has 2 N–H and O–H groups in total. The molecular formula is C12H8Cl2FNS. The Morgan fingerprint density at radius 1 is 1.00 bits per heavy atom. The highest BCUT2D eigenvalue weighted by Gasteiger charge is 2.08. The Bertz CT molecular complexity index is 511. The molecule has 0 atom stereocenters. The Labute approximate surface area is 113 Å². The Hall–Kier alpha value is -0.900. The zero-order chi connectivity index (χ0) is 12.4. The molecule has 0 fully saturated rings. The summed E-state index contributed by atoms with van der Waals surface area (Å²) in [5.74, 6) is -0.360. The quantitative estimate of drug-likeness (QED) is 0.798. The maximum atomic E-state index is 13.6. The predicted octanol–water partition coefficient (Wildman–Crippen LogP) is 4.87. The summed E-state index contributed by atoms with van der Waals surface area (Å²) in [5.41, 5.74) is 5.88. The third kappa shape index (κ3) is 3.06. The minimum Gasteiger partial charge on any atom is -0.399 e. The van der Waals surface area contributed by atoms with Crippen molar-refractivity contribution in [2.75, 3.05) is 5.73 Å². The van der Waals surface area contributed by atoms with Crippen LogP contribution in [-0.4, -0.2) is 0 Å². The maximum Gasteiger partial charge on any atom is 0.139 e. The highest BCUT2D eigenvalue weighted by Crippen LogP contribution is 2.36. The summed E-state index contributed by atoms with van der Waals surface area (Å²) in [6.45, 7) is 0. The van der Waals surface area contributed by atoms with E-state index < -0.39 is 0 Å². The first-order valence-corrected chi connectivity index (χ1v) is 6.31. The van der Waals surface area contributed by atoms with Crippen LogP contribution in [0, 0.1) is 5.82 Å². The van der Waals surface area contributed by atoms with Crippen molar-refractivity contribution < 1.29 is 4.39 Å². The van der Waals surface area contributed by atoms with E-state index in [4.69, 9.17) is 28.9 Å². The van der Waals surface area contributed by atoms with E-state index in [0.29, 0.717) is 20.6 Å². The average molecular weight is 288 g/mol. The second-order valence-corrected chi connectivity index (χ2v) is 5.29. The van der Waals surface area contributed by atoms with E-state index in [1.807, 2.05) is 0 Å². The van der Waals surface area contributed by atoms with Crippen LogP contribution < -0.4 is 5.73 Å². The van der Waals surface area contributed by atoms with Crippen molar-refractivity contribution in [2.45, 2.75) is 9.79 Å². The number of hydrogen-bond donors (Lipinski definition) is 1. The van der Waals surface area contributed by atoms with E-state index in [9.17, 15) is 4.39 Å². The van der Waals surface area contributed by atoms with Gasteiger partial charge in [-0.1, -0.05) is 35.0 Å². The zero-order valence-corrected chi connectivity index (χ0v) is 10.9. The number of benzene rings is 2. The Morgan fingerprint density at radius 2 is 1.71 bits per heavy atom. The van der Waals surface area contributed by atoms with Crippen molar-refractivity contribution in [2.24, 2.45) is 0 Å². The van der Waals surface area contributed by atoms with Crippen LogP contribution in [0.3, 0.4) is 0 Å². The number of rotatable bonds is 2. The molecule has 1 nitrogen and oxygen atoms in total. The number of anilines is 1. The summed E-state index contributed by atoms with van der Waals surface area (Å²) < 4.78 is 13.6. The normalized spacial score (nSPS) is 10.5. The minimum atomic E-state index is -0.360. The van der Waals surface area contributed by atoms with E-state index in [0.717, 1.165) is 4.90 Å². The first-order valence-electron chi connectivity index (χ1n) is 4.74. The van der Waals surface area contributed by atoms with Crippen LogP contribution in [0.1, 0.15) is 0 Å². The lowest BCUT2D eigenvalue weighted by atomic mass is 10.3. The summed E-state index contributed by atoms with van der Waals surface area (Å²) in [6, 6.07) is 9.65. The molecule has 0 amide bonds. The monoisotopic (exact) mass is 287 g/mol. The summed E-state index contributed by atoms with van der Waals surface area (Å²) in [6.07, 6.45) is 0. The van der Waals surface area contributed by atoms with Crippen molar-refractivity contribution in [1.29, 1.82) is 0 Å². The van der Waals surface area contributed by atoms with Crippen LogP contribution in [0.25, 0.3) is 0 Å². The summed E-state index contributed by atoms with van der Waals surface area (Å²) in [7, 11) is 0. The molecular weight excluding hydrogens is 280 g/mol. The molecule has 0 aliphatic rings. The van der Waals surface area contributed by atoms with Gasteiger partial charge in [0.2, 0.25) is 0 Å². The minimum absolute atomic E-state index is 0.360. The highest BCUT2D eigenvalue weighted by atomic mass is 35.5. The van der Waals surface area contributed by atoms with E-state index in [-0.39, 0.29) is 5.82 Å². The standard InChI is InChI=1S/C12H8Cl2FNS/c13-7-1-3-11(9(14)5-7)17-12-4-2-8(16)6-10(12)15/h1-6H,16H2. The van der Waals surface area contributed by atoms with Gasteiger partial charge in [-0.05, 0) is 36.4 Å². The molecule has 2 aromatic carbocycles. The van der Waals surface area contributed by atoms with Crippen molar-refractivity contribution in [3.63, 3.8) is 0 Å². The van der Waals surface area contributed by atoms with Gasteiger partial charge in [0.15, 0.2) is 0 Å². The Balaban J connectivity index is 2.31. The highest BCUT2D eigenvalue weighted by molar-refractivity contribution is 7.99. The lowest BCUT2D eigenvalue weighted by molar-refractivity contribution is 0.603. The summed E-state index contributed by atoms with van der Waals surface area (Å²) >= 11 is 13.0. The molecule has 0 spiro atoms. The molecule has 0 aliphatic heterocycles. The molecule has 17 heavy (non-hydrogen) atoms. The van der Waals surface area contributed by atoms with Gasteiger partial charge in [-0.25, -0.2) is 4.39 Å². The average Bonchev–Trinajstić information content (AvgIpc) is 2.25. The molecule has 0 saturated heterocycles. The van der Waals surface area contributed by atoms with E-state index in [2.05, 4.69) is 0 Å². The van der Waals surface area contributed by atoms with Crippen LogP contribution >= 0.6 is 35.0 Å². The molecule has 5 heteroatoms. The number of hydrogen-bond acceptors (Lipinski definition) is 2. The van der Waals surface area contributed by atoms with Gasteiger partial charge in [0.05, 0.1) is 5.02 Å². The number of nitrogens with two attached hydrogens (primary N) is 1. The Kier molecular flexibility index (Phi) is 3.82. The van der Waals surface area contributed by atoms with Gasteiger partial charge in [0.25, 0.3) is 0 Å². The number of nitrogen functional groups attached to an aromatic ring is 1. The first kappa shape index (κ1) is 12.6. The van der Waals surface area contributed by atoms with Gasteiger partial charge in [0.1, 0.15) is 5.82 Å². The second kappa shape index (κ2) is 5.17. The molecule has 2 aromatic rings. The van der Waals surface area contributed by atoms with Gasteiger partial charge < -0.3 is 5.73 Å². The fourth-order valence-electron chi connectivity index (χ4n) is 1.28. The van der Waals surface area contributed by atoms with Crippen molar-refractivity contribution in [1.82, 2.24) is 0 Å². The summed E-state index contributed by atoms with van der Waals surface area (Å²) in [5, 5.41) is 1.05. The van der Waals surface area contributed by atoms with Crippen LogP contribution in [0.15, 0.2) is 46.2 Å². The molecule has 0 radical (unpaired) electrons. The van der Waals surface area contributed by atoms with Crippen molar-refractivity contribution in [3.8, 4) is 0 Å². The first-order chi connectivity index (χ1) is 8.06. The van der Waals surface area contributed by atoms with Gasteiger partial charge in [-0.3, -0.25) is 0 Å². The van der Waals surface area contributed by atoms with Crippen LogP contribution in [0.4, 0.5) is 10.1 Å². The molecule has 0 aromatic heterocycles. The van der Waals surface area contributed by atoms with E-state index in [1.165, 1.54) is 17.8 Å². The molecule has 0 bridgehead atoms. The van der Waals surface area contributed by atoms with Gasteiger partial charge in [0, 0.05) is 20.5 Å². The topological polar surface area (TPSA) is 26.0 Å². The number of halogens is 3. The molecule has 88 valence electrons. The Morgan fingerprint density at radius 3 is 2.35 bits per heavy atom. The fourth-order valence-corrected chi connectivity index (χ4v) is 2.62.